The molecule has 3 nitrogen and oxygen atoms in total. The minimum absolute atomic E-state index is 0.0466. The van der Waals surface area contributed by atoms with Crippen LogP contribution in [0, 0.1) is 0 Å². The number of carboxylic acids is 1. The number of rotatable bonds is 4. The normalized spacial score (nSPS) is 16.9. The molecule has 0 aliphatic heterocycles. The lowest BCUT2D eigenvalue weighted by Gasteiger charge is -2.32. The highest BCUT2D eigenvalue weighted by atomic mass is 35.5. The Bertz CT molecular complexity index is 428. The van der Waals surface area contributed by atoms with E-state index >= 15 is 0 Å². The fourth-order valence-corrected chi connectivity index (χ4v) is 2.99. The zero-order valence-electron chi connectivity index (χ0n) is 11.0. The van der Waals surface area contributed by atoms with Crippen LogP contribution < -0.4 is 4.90 Å². The molecular formula is C15H20ClNO2. The molecule has 1 aromatic carbocycles. The van der Waals surface area contributed by atoms with Crippen LogP contribution in [0.3, 0.4) is 0 Å². The summed E-state index contributed by atoms with van der Waals surface area (Å²) in [4.78, 5) is 13.1. The number of hydrogen-bond acceptors (Lipinski definition) is 2. The highest BCUT2D eigenvalue weighted by Crippen LogP contribution is 2.28. The van der Waals surface area contributed by atoms with Crippen LogP contribution in [0.5, 0.6) is 0 Å². The van der Waals surface area contributed by atoms with E-state index < -0.39 is 5.97 Å². The summed E-state index contributed by atoms with van der Waals surface area (Å²) in [6, 6.07) is 7.81. The summed E-state index contributed by atoms with van der Waals surface area (Å²) in [5, 5.41) is 9.80. The fraction of sp³-hybridized carbons (Fsp3) is 0.533. The van der Waals surface area contributed by atoms with Gasteiger partial charge in [-0.1, -0.05) is 43.4 Å². The number of carbonyl (C=O) groups is 1. The van der Waals surface area contributed by atoms with Gasteiger partial charge >= 0.3 is 5.97 Å². The highest BCUT2D eigenvalue weighted by molar-refractivity contribution is 6.30. The maximum absolute atomic E-state index is 11.1. The molecule has 1 aliphatic carbocycles. The number of anilines is 1. The van der Waals surface area contributed by atoms with Gasteiger partial charge in [0.1, 0.15) is 6.54 Å². The maximum atomic E-state index is 11.1. The second-order valence-corrected chi connectivity index (χ2v) is 5.58. The van der Waals surface area contributed by atoms with Crippen LogP contribution >= 0.6 is 11.6 Å². The monoisotopic (exact) mass is 281 g/mol. The second kappa shape index (κ2) is 6.80. The fourth-order valence-electron chi connectivity index (χ4n) is 2.80. The first-order chi connectivity index (χ1) is 9.16. The number of aliphatic carboxylic acids is 1. The Morgan fingerprint density at radius 1 is 1.26 bits per heavy atom. The Balaban J connectivity index is 2.21. The third kappa shape index (κ3) is 4.13. The van der Waals surface area contributed by atoms with Crippen molar-refractivity contribution < 1.29 is 9.90 Å². The topological polar surface area (TPSA) is 40.5 Å². The zero-order chi connectivity index (χ0) is 13.7. The third-order valence-electron chi connectivity index (χ3n) is 3.71. The first-order valence-corrected chi connectivity index (χ1v) is 7.28. The van der Waals surface area contributed by atoms with Crippen molar-refractivity contribution in [1.29, 1.82) is 0 Å². The molecule has 4 heteroatoms. The van der Waals surface area contributed by atoms with Crippen LogP contribution in [0.1, 0.15) is 38.5 Å². The molecule has 0 unspecified atom stereocenters. The van der Waals surface area contributed by atoms with E-state index in [9.17, 15) is 4.79 Å². The maximum Gasteiger partial charge on any atom is 0.323 e. The zero-order valence-corrected chi connectivity index (χ0v) is 11.8. The van der Waals surface area contributed by atoms with Gasteiger partial charge in [0.15, 0.2) is 0 Å². The first kappa shape index (κ1) is 14.2. The van der Waals surface area contributed by atoms with Gasteiger partial charge in [0, 0.05) is 16.8 Å². The molecule has 0 atom stereocenters. The molecule has 104 valence electrons. The lowest BCUT2D eigenvalue weighted by Crippen LogP contribution is -2.39. The Morgan fingerprint density at radius 2 is 1.95 bits per heavy atom. The largest absolute Gasteiger partial charge is 0.480 e. The van der Waals surface area contributed by atoms with Crippen molar-refractivity contribution in [2.75, 3.05) is 11.4 Å². The molecule has 1 saturated carbocycles. The average molecular weight is 282 g/mol. The molecular weight excluding hydrogens is 262 g/mol. The van der Waals surface area contributed by atoms with Crippen LogP contribution in [0.25, 0.3) is 0 Å². The number of nitrogens with zero attached hydrogens (tertiary/aromatic N) is 1. The molecule has 1 fully saturated rings. The van der Waals surface area contributed by atoms with Gasteiger partial charge in [-0.3, -0.25) is 4.79 Å². The Hall–Kier alpha value is -1.22. The summed E-state index contributed by atoms with van der Waals surface area (Å²) in [7, 11) is 0. The van der Waals surface area contributed by atoms with E-state index in [-0.39, 0.29) is 6.54 Å². The van der Waals surface area contributed by atoms with E-state index in [4.69, 9.17) is 16.7 Å². The number of halogens is 1. The Morgan fingerprint density at radius 3 is 2.53 bits per heavy atom. The number of hydrogen-bond donors (Lipinski definition) is 1. The van der Waals surface area contributed by atoms with Crippen LogP contribution in [0.2, 0.25) is 5.02 Å². The van der Waals surface area contributed by atoms with Gasteiger partial charge in [0.25, 0.3) is 0 Å². The Kier molecular flexibility index (Phi) is 5.08. The minimum Gasteiger partial charge on any atom is -0.480 e. The van der Waals surface area contributed by atoms with E-state index in [1.165, 1.54) is 25.7 Å². The van der Waals surface area contributed by atoms with E-state index in [2.05, 4.69) is 0 Å². The second-order valence-electron chi connectivity index (χ2n) is 5.15. The minimum atomic E-state index is -0.788. The van der Waals surface area contributed by atoms with Crippen molar-refractivity contribution in [3.8, 4) is 0 Å². The summed E-state index contributed by atoms with van der Waals surface area (Å²) in [5.74, 6) is -0.788. The van der Waals surface area contributed by atoms with Gasteiger partial charge in [-0.25, -0.2) is 0 Å². The van der Waals surface area contributed by atoms with Gasteiger partial charge in [0.2, 0.25) is 0 Å². The molecule has 0 aromatic heterocycles. The van der Waals surface area contributed by atoms with E-state index in [1.807, 2.05) is 29.2 Å². The lowest BCUT2D eigenvalue weighted by molar-refractivity contribution is -0.135. The summed E-state index contributed by atoms with van der Waals surface area (Å²) in [6.07, 6.45) is 7.02. The van der Waals surface area contributed by atoms with Gasteiger partial charge in [0.05, 0.1) is 0 Å². The van der Waals surface area contributed by atoms with Crippen LogP contribution in [0.15, 0.2) is 24.3 Å². The summed E-state index contributed by atoms with van der Waals surface area (Å²) < 4.78 is 0. The summed E-state index contributed by atoms with van der Waals surface area (Å²) >= 11 is 6.02. The number of benzene rings is 1. The average Bonchev–Trinajstić information content (AvgIpc) is 2.64. The van der Waals surface area contributed by atoms with Gasteiger partial charge in [-0.15, -0.1) is 0 Å². The molecule has 0 heterocycles. The quantitative estimate of drug-likeness (QED) is 0.850. The van der Waals surface area contributed by atoms with Gasteiger partial charge in [-0.2, -0.15) is 0 Å². The van der Waals surface area contributed by atoms with Crippen LogP contribution in [0.4, 0.5) is 5.69 Å². The lowest BCUT2D eigenvalue weighted by atomic mass is 10.1. The predicted molar refractivity (Wildman–Crippen MR) is 77.9 cm³/mol. The molecule has 1 aliphatic rings. The molecule has 0 saturated heterocycles. The third-order valence-corrected chi connectivity index (χ3v) is 3.95. The van der Waals surface area contributed by atoms with Crippen molar-refractivity contribution in [2.24, 2.45) is 0 Å². The van der Waals surface area contributed by atoms with Gasteiger partial charge < -0.3 is 10.0 Å². The van der Waals surface area contributed by atoms with Crippen molar-refractivity contribution in [3.05, 3.63) is 29.3 Å². The van der Waals surface area contributed by atoms with Crippen molar-refractivity contribution in [1.82, 2.24) is 0 Å². The molecule has 19 heavy (non-hydrogen) atoms. The number of carboxylic acid groups (broad SMARTS) is 1. The SMILES string of the molecule is O=C(O)CN(c1cccc(Cl)c1)C1CCCCCC1. The van der Waals surface area contributed by atoms with Crippen molar-refractivity contribution in [3.63, 3.8) is 0 Å². The molecule has 0 amide bonds. The molecule has 0 radical (unpaired) electrons. The van der Waals surface area contributed by atoms with Gasteiger partial charge in [-0.05, 0) is 31.0 Å². The summed E-state index contributed by atoms with van der Waals surface area (Å²) in [6.45, 7) is 0.0466. The molecule has 1 aromatic rings. The van der Waals surface area contributed by atoms with Crippen molar-refractivity contribution >= 4 is 23.3 Å². The van der Waals surface area contributed by atoms with Crippen molar-refractivity contribution in [2.45, 2.75) is 44.6 Å². The molecule has 2 rings (SSSR count). The molecule has 1 N–H and O–H groups in total. The van der Waals surface area contributed by atoms with Crippen LogP contribution in [-0.4, -0.2) is 23.7 Å². The van der Waals surface area contributed by atoms with E-state index in [0.717, 1.165) is 18.5 Å². The Labute approximate surface area is 119 Å². The van der Waals surface area contributed by atoms with E-state index in [0.29, 0.717) is 11.1 Å². The predicted octanol–water partition coefficient (Wildman–Crippen LogP) is 3.95. The molecule has 0 bridgehead atoms. The molecule has 0 spiro atoms. The summed E-state index contributed by atoms with van der Waals surface area (Å²) in [5.41, 5.74) is 0.918. The first-order valence-electron chi connectivity index (χ1n) is 6.91. The van der Waals surface area contributed by atoms with E-state index in [1.54, 1.807) is 0 Å². The smallest absolute Gasteiger partial charge is 0.323 e. The standard InChI is InChI=1S/C15H20ClNO2/c16-12-6-5-9-14(10-12)17(11-15(18)19)13-7-3-1-2-4-8-13/h5-6,9-10,13H,1-4,7-8,11H2,(H,18,19). The highest BCUT2D eigenvalue weighted by Gasteiger charge is 2.22. The van der Waals surface area contributed by atoms with Crippen LogP contribution in [-0.2, 0) is 4.79 Å².